The van der Waals surface area contributed by atoms with Crippen LogP contribution in [-0.4, -0.2) is 31.2 Å². The van der Waals surface area contributed by atoms with Gasteiger partial charge in [-0.3, -0.25) is 0 Å². The molecule has 0 radical (unpaired) electrons. The smallest absolute Gasteiger partial charge is 0.0591 e. The van der Waals surface area contributed by atoms with Gasteiger partial charge in [-0.25, -0.2) is 0 Å². The average molecular weight is 248 g/mol. The second kappa shape index (κ2) is 8.32. The Hall–Kier alpha value is 0.210. The van der Waals surface area contributed by atoms with Crippen LogP contribution in [0.4, 0.5) is 0 Å². The minimum Gasteiger partial charge on any atom is -0.380 e. The van der Waals surface area contributed by atoms with E-state index in [2.05, 4.69) is 19.2 Å². The molecule has 1 rings (SSSR count). The van der Waals surface area contributed by atoms with Crippen LogP contribution in [0.25, 0.3) is 0 Å². The Bertz CT molecular complexity index is 175. The molecule has 1 N–H and O–H groups in total. The first-order valence-electron chi connectivity index (χ1n) is 6.65. The van der Waals surface area contributed by atoms with E-state index in [0.29, 0.717) is 11.4 Å². The first-order chi connectivity index (χ1) is 7.70. The molecule has 2 unspecified atom stereocenters. The molecule has 0 bridgehead atoms. The minimum absolute atomic E-state index is 0.324. The summed E-state index contributed by atoms with van der Waals surface area (Å²) in [6.07, 6.45) is 6.14. The van der Waals surface area contributed by atoms with Crippen molar-refractivity contribution in [2.24, 2.45) is 5.92 Å². The van der Waals surface area contributed by atoms with Gasteiger partial charge in [0, 0.05) is 24.6 Å². The molecule has 2 nitrogen and oxygen atoms in total. The maximum Gasteiger partial charge on any atom is 0.0591 e. The molecular weight excluding hydrogens is 222 g/mol. The summed E-state index contributed by atoms with van der Waals surface area (Å²) in [4.78, 5) is 0. The lowest BCUT2D eigenvalue weighted by Gasteiger charge is -2.27. The van der Waals surface area contributed by atoms with E-state index in [9.17, 15) is 0 Å². The SMILES string of the molecule is CC(C)CCOCCNC1CCCCC1Cl. The van der Waals surface area contributed by atoms with Gasteiger partial charge in [0.05, 0.1) is 6.61 Å². The second-order valence-corrected chi connectivity index (χ2v) is 5.72. The van der Waals surface area contributed by atoms with Gasteiger partial charge in [0.15, 0.2) is 0 Å². The Labute approximate surface area is 105 Å². The molecular formula is C13H26ClNO. The standard InChI is InChI=1S/C13H26ClNO/c1-11(2)7-9-16-10-8-15-13-6-4-3-5-12(13)14/h11-13,15H,3-10H2,1-2H3. The summed E-state index contributed by atoms with van der Waals surface area (Å²) in [6.45, 7) is 7.08. The van der Waals surface area contributed by atoms with Crippen LogP contribution in [-0.2, 0) is 4.74 Å². The number of hydrogen-bond donors (Lipinski definition) is 1. The molecule has 1 aliphatic carbocycles. The predicted octanol–water partition coefficient (Wildman–Crippen LogP) is 3.19. The van der Waals surface area contributed by atoms with Gasteiger partial charge >= 0.3 is 0 Å². The van der Waals surface area contributed by atoms with Crippen molar-refractivity contribution in [2.75, 3.05) is 19.8 Å². The highest BCUT2D eigenvalue weighted by Crippen LogP contribution is 2.22. The van der Waals surface area contributed by atoms with Crippen molar-refractivity contribution in [3.05, 3.63) is 0 Å². The van der Waals surface area contributed by atoms with Crippen LogP contribution in [0.1, 0.15) is 46.0 Å². The van der Waals surface area contributed by atoms with E-state index in [0.717, 1.165) is 38.5 Å². The summed E-state index contributed by atoms with van der Waals surface area (Å²) in [5, 5.41) is 3.83. The molecule has 1 saturated carbocycles. The fraction of sp³-hybridized carbons (Fsp3) is 1.00. The van der Waals surface area contributed by atoms with Gasteiger partial charge in [0.25, 0.3) is 0 Å². The zero-order valence-corrected chi connectivity index (χ0v) is 11.4. The van der Waals surface area contributed by atoms with Gasteiger partial charge in [-0.2, -0.15) is 0 Å². The molecule has 96 valence electrons. The predicted molar refractivity (Wildman–Crippen MR) is 70.2 cm³/mol. The van der Waals surface area contributed by atoms with Crippen LogP contribution in [0.3, 0.4) is 0 Å². The van der Waals surface area contributed by atoms with Gasteiger partial charge in [-0.05, 0) is 25.2 Å². The zero-order valence-electron chi connectivity index (χ0n) is 10.7. The van der Waals surface area contributed by atoms with Gasteiger partial charge in [0.2, 0.25) is 0 Å². The van der Waals surface area contributed by atoms with E-state index in [-0.39, 0.29) is 0 Å². The second-order valence-electron chi connectivity index (χ2n) is 5.16. The van der Waals surface area contributed by atoms with E-state index < -0.39 is 0 Å². The number of alkyl halides is 1. The van der Waals surface area contributed by atoms with Crippen LogP contribution in [0.15, 0.2) is 0 Å². The third kappa shape index (κ3) is 6.07. The molecule has 1 fully saturated rings. The van der Waals surface area contributed by atoms with Gasteiger partial charge in [-0.15, -0.1) is 11.6 Å². The summed E-state index contributed by atoms with van der Waals surface area (Å²) >= 11 is 6.26. The molecule has 0 saturated heterocycles. The lowest BCUT2D eigenvalue weighted by Crippen LogP contribution is -2.40. The molecule has 16 heavy (non-hydrogen) atoms. The summed E-state index contributed by atoms with van der Waals surface area (Å²) in [5.41, 5.74) is 0. The maximum absolute atomic E-state index is 6.26. The molecule has 0 aromatic carbocycles. The Morgan fingerprint density at radius 1 is 1.25 bits per heavy atom. The third-order valence-electron chi connectivity index (χ3n) is 3.17. The van der Waals surface area contributed by atoms with E-state index in [1.165, 1.54) is 19.3 Å². The van der Waals surface area contributed by atoms with Gasteiger partial charge < -0.3 is 10.1 Å². The lowest BCUT2D eigenvalue weighted by molar-refractivity contribution is 0.122. The summed E-state index contributed by atoms with van der Waals surface area (Å²) in [5.74, 6) is 0.735. The quantitative estimate of drug-likeness (QED) is 0.551. The first-order valence-corrected chi connectivity index (χ1v) is 7.09. The van der Waals surface area contributed by atoms with E-state index >= 15 is 0 Å². The van der Waals surface area contributed by atoms with Crippen molar-refractivity contribution >= 4 is 11.6 Å². The lowest BCUT2D eigenvalue weighted by atomic mass is 9.95. The van der Waals surface area contributed by atoms with Crippen LogP contribution < -0.4 is 5.32 Å². The van der Waals surface area contributed by atoms with Crippen LogP contribution in [0.2, 0.25) is 0 Å². The molecule has 2 atom stereocenters. The number of nitrogens with one attached hydrogen (secondary N) is 1. The Kier molecular flexibility index (Phi) is 7.42. The molecule has 0 amide bonds. The molecule has 0 aromatic rings. The average Bonchev–Trinajstić information content (AvgIpc) is 2.25. The number of rotatable bonds is 7. The molecule has 0 heterocycles. The topological polar surface area (TPSA) is 21.3 Å². The van der Waals surface area contributed by atoms with Crippen molar-refractivity contribution in [1.82, 2.24) is 5.32 Å². The molecule has 3 heteroatoms. The van der Waals surface area contributed by atoms with E-state index in [1.54, 1.807) is 0 Å². The Morgan fingerprint density at radius 3 is 2.69 bits per heavy atom. The minimum atomic E-state index is 0.324. The highest BCUT2D eigenvalue weighted by atomic mass is 35.5. The van der Waals surface area contributed by atoms with Crippen LogP contribution in [0.5, 0.6) is 0 Å². The van der Waals surface area contributed by atoms with Crippen LogP contribution in [0, 0.1) is 5.92 Å². The fourth-order valence-corrected chi connectivity index (χ4v) is 2.42. The Morgan fingerprint density at radius 2 is 2.00 bits per heavy atom. The fourth-order valence-electron chi connectivity index (χ4n) is 2.05. The van der Waals surface area contributed by atoms with Crippen molar-refractivity contribution in [2.45, 2.75) is 57.4 Å². The summed E-state index contributed by atoms with van der Waals surface area (Å²) in [6, 6.07) is 0.504. The molecule has 0 aromatic heterocycles. The normalized spacial score (nSPS) is 26.2. The zero-order chi connectivity index (χ0) is 11.8. The molecule has 1 aliphatic rings. The van der Waals surface area contributed by atoms with Gasteiger partial charge in [0.1, 0.15) is 0 Å². The number of hydrogen-bond acceptors (Lipinski definition) is 2. The largest absolute Gasteiger partial charge is 0.380 e. The highest BCUT2D eigenvalue weighted by Gasteiger charge is 2.21. The first kappa shape index (κ1) is 14.3. The summed E-state index contributed by atoms with van der Waals surface area (Å²) < 4.78 is 5.57. The summed E-state index contributed by atoms with van der Waals surface area (Å²) in [7, 11) is 0. The van der Waals surface area contributed by atoms with E-state index in [4.69, 9.17) is 16.3 Å². The third-order valence-corrected chi connectivity index (χ3v) is 3.70. The number of ether oxygens (including phenoxy) is 1. The van der Waals surface area contributed by atoms with E-state index in [1.807, 2.05) is 0 Å². The Balaban J connectivity index is 1.94. The highest BCUT2D eigenvalue weighted by molar-refractivity contribution is 6.21. The van der Waals surface area contributed by atoms with Crippen molar-refractivity contribution in [1.29, 1.82) is 0 Å². The molecule has 0 spiro atoms. The number of halogens is 1. The van der Waals surface area contributed by atoms with Crippen molar-refractivity contribution in [3.8, 4) is 0 Å². The van der Waals surface area contributed by atoms with Crippen molar-refractivity contribution < 1.29 is 4.74 Å². The monoisotopic (exact) mass is 247 g/mol. The maximum atomic E-state index is 6.26. The van der Waals surface area contributed by atoms with Crippen molar-refractivity contribution in [3.63, 3.8) is 0 Å². The van der Waals surface area contributed by atoms with Crippen LogP contribution >= 0.6 is 11.6 Å². The van der Waals surface area contributed by atoms with Gasteiger partial charge in [-0.1, -0.05) is 26.7 Å². The molecule has 0 aliphatic heterocycles.